The molecule has 5 heteroatoms. The monoisotopic (exact) mass is 268 g/mol. The number of aromatic amines is 1. The van der Waals surface area contributed by atoms with Crippen LogP contribution in [0.1, 0.15) is 23.2 Å². The van der Waals surface area contributed by atoms with E-state index in [1.807, 2.05) is 0 Å². The van der Waals surface area contributed by atoms with E-state index in [1.165, 1.54) is 16.5 Å². The molecule has 1 aliphatic carbocycles. The van der Waals surface area contributed by atoms with Crippen LogP contribution in [0.15, 0.2) is 28.8 Å². The Morgan fingerprint density at radius 3 is 3.05 bits per heavy atom. The van der Waals surface area contributed by atoms with Crippen LogP contribution in [0.25, 0.3) is 16.6 Å². The molecule has 1 atom stereocenters. The van der Waals surface area contributed by atoms with Crippen LogP contribution in [0.5, 0.6) is 0 Å². The van der Waals surface area contributed by atoms with Gasteiger partial charge in [0, 0.05) is 16.5 Å². The molecule has 0 spiro atoms. The van der Waals surface area contributed by atoms with Crippen LogP contribution in [-0.2, 0) is 6.42 Å². The number of nitrogens with zero attached hydrogens (tertiary/aromatic N) is 1. The summed E-state index contributed by atoms with van der Waals surface area (Å²) < 4.78 is 0. The van der Waals surface area contributed by atoms with Gasteiger partial charge in [-0.2, -0.15) is 0 Å². The van der Waals surface area contributed by atoms with E-state index in [-0.39, 0.29) is 5.96 Å². The maximum absolute atomic E-state index is 10.0. The van der Waals surface area contributed by atoms with Crippen LogP contribution in [0.4, 0.5) is 0 Å². The van der Waals surface area contributed by atoms with Crippen molar-refractivity contribution in [2.75, 3.05) is 0 Å². The second-order valence-corrected chi connectivity index (χ2v) is 5.44. The van der Waals surface area contributed by atoms with Gasteiger partial charge in [0.2, 0.25) is 0 Å². The number of fused-ring (bicyclic) bond motifs is 4. The first-order valence-electron chi connectivity index (χ1n) is 6.76. The highest BCUT2D eigenvalue weighted by atomic mass is 16.3. The fourth-order valence-corrected chi connectivity index (χ4v) is 3.16. The summed E-state index contributed by atoms with van der Waals surface area (Å²) in [6.07, 6.45) is 0.881. The Bertz CT molecular complexity index is 785. The normalized spacial score (nSPS) is 21.3. The van der Waals surface area contributed by atoms with E-state index in [9.17, 15) is 5.11 Å². The smallest absolute Gasteiger partial charge is 0.196 e. The second-order valence-electron chi connectivity index (χ2n) is 5.44. The molecule has 2 aromatic rings. The van der Waals surface area contributed by atoms with E-state index < -0.39 is 6.23 Å². The molecule has 2 aliphatic rings. The molecule has 0 saturated carbocycles. The lowest BCUT2D eigenvalue weighted by molar-refractivity contribution is 0.214. The van der Waals surface area contributed by atoms with Crippen LogP contribution >= 0.6 is 0 Å². The molecule has 5 nitrogen and oxygen atoms in total. The van der Waals surface area contributed by atoms with Crippen molar-refractivity contribution in [3.63, 3.8) is 0 Å². The highest BCUT2D eigenvalue weighted by molar-refractivity contribution is 5.96. The second kappa shape index (κ2) is 3.86. The first-order valence-corrected chi connectivity index (χ1v) is 6.76. The van der Waals surface area contributed by atoms with Gasteiger partial charge < -0.3 is 21.1 Å². The SMILES string of the molecule is Cc1ccc2c3c([nH]c2c1)C1=C(CC3)C(O)N=C(N)N1. The highest BCUT2D eigenvalue weighted by Crippen LogP contribution is 2.37. The molecule has 1 unspecified atom stereocenters. The number of hydrogen-bond donors (Lipinski definition) is 4. The highest BCUT2D eigenvalue weighted by Gasteiger charge is 2.29. The van der Waals surface area contributed by atoms with Gasteiger partial charge in [0.1, 0.15) is 0 Å². The number of hydrogen-bond acceptors (Lipinski definition) is 4. The number of aliphatic imine (C=N–C) groups is 1. The maximum Gasteiger partial charge on any atom is 0.196 e. The largest absolute Gasteiger partial charge is 0.370 e. The number of guanidine groups is 1. The van der Waals surface area contributed by atoms with Crippen LogP contribution in [0.2, 0.25) is 0 Å². The van der Waals surface area contributed by atoms with E-state index in [0.29, 0.717) is 0 Å². The van der Waals surface area contributed by atoms with Crippen molar-refractivity contribution in [3.05, 3.63) is 40.6 Å². The van der Waals surface area contributed by atoms with Gasteiger partial charge in [-0.25, -0.2) is 4.99 Å². The van der Waals surface area contributed by atoms with Crippen LogP contribution < -0.4 is 11.1 Å². The van der Waals surface area contributed by atoms with Crippen molar-refractivity contribution in [1.82, 2.24) is 10.3 Å². The van der Waals surface area contributed by atoms with Crippen LogP contribution in [0.3, 0.4) is 0 Å². The number of aryl methyl sites for hydroxylation is 2. The zero-order valence-electron chi connectivity index (χ0n) is 11.2. The molecule has 20 heavy (non-hydrogen) atoms. The van der Waals surface area contributed by atoms with Gasteiger partial charge in [0.15, 0.2) is 12.2 Å². The van der Waals surface area contributed by atoms with Gasteiger partial charge in [0.05, 0.1) is 11.4 Å². The molecule has 1 aromatic carbocycles. The molecule has 0 bridgehead atoms. The summed E-state index contributed by atoms with van der Waals surface area (Å²) in [6, 6.07) is 6.42. The zero-order chi connectivity index (χ0) is 13.9. The first-order chi connectivity index (χ1) is 9.63. The van der Waals surface area contributed by atoms with E-state index in [0.717, 1.165) is 35.3 Å². The molecule has 1 aliphatic heterocycles. The van der Waals surface area contributed by atoms with E-state index >= 15 is 0 Å². The van der Waals surface area contributed by atoms with Crippen LogP contribution in [0, 0.1) is 6.92 Å². The minimum Gasteiger partial charge on any atom is -0.370 e. The summed E-state index contributed by atoms with van der Waals surface area (Å²) in [7, 11) is 0. The summed E-state index contributed by atoms with van der Waals surface area (Å²) in [5.74, 6) is 0.263. The summed E-state index contributed by atoms with van der Waals surface area (Å²) in [4.78, 5) is 7.43. The van der Waals surface area contributed by atoms with Crippen molar-refractivity contribution in [1.29, 1.82) is 0 Å². The predicted molar refractivity (Wildman–Crippen MR) is 79.0 cm³/mol. The zero-order valence-corrected chi connectivity index (χ0v) is 11.2. The number of rotatable bonds is 0. The number of benzene rings is 1. The third-order valence-electron chi connectivity index (χ3n) is 4.10. The van der Waals surface area contributed by atoms with Crippen molar-refractivity contribution >= 4 is 22.6 Å². The predicted octanol–water partition coefficient (Wildman–Crippen LogP) is 1.37. The average Bonchev–Trinajstić information content (AvgIpc) is 2.76. The minimum atomic E-state index is -0.826. The standard InChI is InChI=1S/C15H16N4O/c1-7-2-3-8-9-4-5-10-13(12(9)17-11(8)6-7)18-15(16)19-14(10)20/h2-3,6,14,17,20H,4-5H2,1H3,(H3,16,18,19). The Balaban J connectivity index is 1.95. The molecule has 1 aromatic heterocycles. The Morgan fingerprint density at radius 1 is 1.35 bits per heavy atom. The van der Waals surface area contributed by atoms with Gasteiger partial charge in [-0.15, -0.1) is 0 Å². The summed E-state index contributed by atoms with van der Waals surface area (Å²) in [5, 5.41) is 14.4. The van der Waals surface area contributed by atoms with Gasteiger partial charge in [-0.3, -0.25) is 0 Å². The molecular weight excluding hydrogens is 252 g/mol. The van der Waals surface area contributed by atoms with Gasteiger partial charge in [-0.1, -0.05) is 12.1 Å². The molecule has 4 rings (SSSR count). The Kier molecular flexibility index (Phi) is 2.23. The summed E-state index contributed by atoms with van der Waals surface area (Å²) in [6.45, 7) is 2.08. The van der Waals surface area contributed by atoms with Crippen molar-refractivity contribution in [2.24, 2.45) is 10.7 Å². The lowest BCUT2D eigenvalue weighted by Crippen LogP contribution is -2.39. The molecule has 5 N–H and O–H groups in total. The Morgan fingerprint density at radius 2 is 2.20 bits per heavy atom. The van der Waals surface area contributed by atoms with Crippen LogP contribution in [-0.4, -0.2) is 22.3 Å². The third-order valence-corrected chi connectivity index (χ3v) is 4.10. The van der Waals surface area contributed by atoms with Crippen molar-refractivity contribution in [3.8, 4) is 0 Å². The summed E-state index contributed by atoms with van der Waals surface area (Å²) in [5.41, 5.74) is 12.2. The van der Waals surface area contributed by atoms with Crippen molar-refractivity contribution in [2.45, 2.75) is 26.0 Å². The fraction of sp³-hybridized carbons (Fsp3) is 0.267. The van der Waals surface area contributed by atoms with Gasteiger partial charge >= 0.3 is 0 Å². The van der Waals surface area contributed by atoms with Gasteiger partial charge in [-0.05, 0) is 37.0 Å². The van der Waals surface area contributed by atoms with E-state index in [2.05, 4.69) is 40.4 Å². The van der Waals surface area contributed by atoms with Gasteiger partial charge in [0.25, 0.3) is 0 Å². The molecular formula is C15H16N4O. The topological polar surface area (TPSA) is 86.4 Å². The Labute approximate surface area is 116 Å². The molecule has 0 fully saturated rings. The lowest BCUT2D eigenvalue weighted by atomic mass is 9.91. The van der Waals surface area contributed by atoms with Crippen molar-refractivity contribution < 1.29 is 5.11 Å². The lowest BCUT2D eigenvalue weighted by Gasteiger charge is -2.27. The number of nitrogens with two attached hydrogens (primary N) is 1. The fourth-order valence-electron chi connectivity index (χ4n) is 3.16. The molecule has 0 saturated heterocycles. The summed E-state index contributed by atoms with van der Waals surface area (Å²) >= 11 is 0. The molecule has 0 radical (unpaired) electrons. The Hall–Kier alpha value is -2.27. The number of aliphatic hydroxyl groups excluding tert-OH is 1. The first kappa shape index (κ1) is 11.5. The minimum absolute atomic E-state index is 0.263. The molecule has 2 heterocycles. The number of nitrogens with one attached hydrogen (secondary N) is 2. The third kappa shape index (κ3) is 1.50. The maximum atomic E-state index is 10.0. The number of H-pyrrole nitrogens is 1. The number of aromatic nitrogens is 1. The number of aliphatic hydroxyl groups is 1. The molecule has 0 amide bonds. The molecule has 102 valence electrons. The van der Waals surface area contributed by atoms with E-state index in [1.54, 1.807) is 0 Å². The quantitative estimate of drug-likeness (QED) is 0.582. The van der Waals surface area contributed by atoms with E-state index in [4.69, 9.17) is 5.73 Å². The average molecular weight is 268 g/mol.